The monoisotopic (exact) mass is 273 g/mol. The summed E-state index contributed by atoms with van der Waals surface area (Å²) in [7, 11) is -0.345. The molecule has 1 aromatic carbocycles. The third-order valence-electron chi connectivity index (χ3n) is 4.55. The minimum atomic E-state index is -0.345. The molecule has 1 fully saturated rings. The highest BCUT2D eigenvalue weighted by atomic mass is 16.7. The zero-order valence-electron chi connectivity index (χ0n) is 12.4. The molecule has 2 heterocycles. The number of amides is 1. The van der Waals surface area contributed by atoms with E-state index in [1.807, 2.05) is 39.8 Å². The summed E-state index contributed by atoms with van der Waals surface area (Å²) in [4.78, 5) is 11.4. The maximum absolute atomic E-state index is 11.4. The highest BCUT2D eigenvalue weighted by Gasteiger charge is 2.51. The molecule has 0 saturated carbocycles. The van der Waals surface area contributed by atoms with Crippen LogP contribution in [0.15, 0.2) is 18.2 Å². The van der Waals surface area contributed by atoms with Gasteiger partial charge in [-0.15, -0.1) is 0 Å². The first-order valence-corrected chi connectivity index (χ1v) is 7.07. The molecular formula is C15H20BNO3. The summed E-state index contributed by atoms with van der Waals surface area (Å²) in [5.74, 6) is 0.0842. The van der Waals surface area contributed by atoms with Crippen LogP contribution >= 0.6 is 0 Å². The Morgan fingerprint density at radius 3 is 2.40 bits per heavy atom. The molecule has 1 aromatic rings. The van der Waals surface area contributed by atoms with E-state index in [9.17, 15) is 4.79 Å². The van der Waals surface area contributed by atoms with E-state index in [0.717, 1.165) is 23.1 Å². The lowest BCUT2D eigenvalue weighted by molar-refractivity contribution is -0.116. The van der Waals surface area contributed by atoms with Gasteiger partial charge in [-0.2, -0.15) is 0 Å². The zero-order chi connectivity index (χ0) is 14.5. The van der Waals surface area contributed by atoms with Gasteiger partial charge in [-0.3, -0.25) is 4.79 Å². The fraction of sp³-hybridized carbons (Fsp3) is 0.533. The Morgan fingerprint density at radius 2 is 1.75 bits per heavy atom. The SMILES string of the molecule is CC1(C)OB(c2ccc3c(c2)CCC(=O)N3)OC1(C)C. The van der Waals surface area contributed by atoms with Crippen molar-refractivity contribution in [1.82, 2.24) is 0 Å². The van der Waals surface area contributed by atoms with Gasteiger partial charge in [0.25, 0.3) is 0 Å². The van der Waals surface area contributed by atoms with Crippen LogP contribution in [-0.4, -0.2) is 24.2 Å². The first kappa shape index (κ1) is 13.6. The molecule has 1 saturated heterocycles. The molecule has 0 spiro atoms. The zero-order valence-corrected chi connectivity index (χ0v) is 12.4. The van der Waals surface area contributed by atoms with Crippen molar-refractivity contribution < 1.29 is 14.1 Å². The molecule has 3 rings (SSSR count). The molecule has 2 aliphatic rings. The molecule has 0 radical (unpaired) electrons. The van der Waals surface area contributed by atoms with Crippen LogP contribution in [0.3, 0.4) is 0 Å². The van der Waals surface area contributed by atoms with Gasteiger partial charge in [0.1, 0.15) is 0 Å². The first-order chi connectivity index (χ1) is 9.28. The van der Waals surface area contributed by atoms with Crippen LogP contribution in [0.4, 0.5) is 5.69 Å². The van der Waals surface area contributed by atoms with Crippen LogP contribution in [0.5, 0.6) is 0 Å². The summed E-state index contributed by atoms with van der Waals surface area (Å²) in [6.07, 6.45) is 1.31. The van der Waals surface area contributed by atoms with Crippen molar-refractivity contribution in [3.8, 4) is 0 Å². The number of aryl methyl sites for hydroxylation is 1. The Kier molecular flexibility index (Phi) is 2.96. The predicted molar refractivity (Wildman–Crippen MR) is 79.1 cm³/mol. The smallest absolute Gasteiger partial charge is 0.399 e. The lowest BCUT2D eigenvalue weighted by Gasteiger charge is -2.32. The average Bonchev–Trinajstić information content (AvgIpc) is 2.58. The van der Waals surface area contributed by atoms with E-state index in [0.29, 0.717) is 6.42 Å². The molecule has 0 aliphatic carbocycles. The maximum Gasteiger partial charge on any atom is 0.494 e. The molecular weight excluding hydrogens is 253 g/mol. The van der Waals surface area contributed by atoms with E-state index >= 15 is 0 Å². The van der Waals surface area contributed by atoms with Crippen LogP contribution in [-0.2, 0) is 20.5 Å². The summed E-state index contributed by atoms with van der Waals surface area (Å²) in [5.41, 5.74) is 2.40. The average molecular weight is 273 g/mol. The van der Waals surface area contributed by atoms with E-state index in [1.54, 1.807) is 0 Å². The molecule has 0 atom stereocenters. The number of carbonyl (C=O) groups is 1. The Hall–Kier alpha value is -1.33. The number of anilines is 1. The third kappa shape index (κ3) is 2.15. The normalized spacial score (nSPS) is 23.4. The Morgan fingerprint density at radius 1 is 1.10 bits per heavy atom. The molecule has 4 nitrogen and oxygen atoms in total. The van der Waals surface area contributed by atoms with Crippen LogP contribution in [0, 0.1) is 0 Å². The van der Waals surface area contributed by atoms with Crippen molar-refractivity contribution in [2.75, 3.05) is 5.32 Å². The largest absolute Gasteiger partial charge is 0.494 e. The number of benzene rings is 1. The molecule has 0 unspecified atom stereocenters. The van der Waals surface area contributed by atoms with Gasteiger partial charge >= 0.3 is 7.12 Å². The highest BCUT2D eigenvalue weighted by Crippen LogP contribution is 2.36. The molecule has 1 amide bonds. The van der Waals surface area contributed by atoms with Crippen molar-refractivity contribution in [3.05, 3.63) is 23.8 Å². The summed E-state index contributed by atoms with van der Waals surface area (Å²) >= 11 is 0. The Balaban J connectivity index is 1.88. The molecule has 0 aromatic heterocycles. The van der Waals surface area contributed by atoms with Crippen molar-refractivity contribution in [2.24, 2.45) is 0 Å². The number of hydrogen-bond acceptors (Lipinski definition) is 3. The van der Waals surface area contributed by atoms with Gasteiger partial charge < -0.3 is 14.6 Å². The number of carbonyl (C=O) groups excluding carboxylic acids is 1. The molecule has 20 heavy (non-hydrogen) atoms. The summed E-state index contributed by atoms with van der Waals surface area (Å²) in [6.45, 7) is 8.19. The van der Waals surface area contributed by atoms with E-state index < -0.39 is 0 Å². The number of nitrogens with one attached hydrogen (secondary N) is 1. The quantitative estimate of drug-likeness (QED) is 0.795. The lowest BCUT2D eigenvalue weighted by Crippen LogP contribution is -2.41. The van der Waals surface area contributed by atoms with Crippen molar-refractivity contribution in [2.45, 2.75) is 51.7 Å². The van der Waals surface area contributed by atoms with Gasteiger partial charge in [0, 0.05) is 12.1 Å². The van der Waals surface area contributed by atoms with Crippen LogP contribution in [0.1, 0.15) is 39.7 Å². The van der Waals surface area contributed by atoms with E-state index in [2.05, 4.69) is 11.4 Å². The second kappa shape index (κ2) is 4.33. The van der Waals surface area contributed by atoms with Crippen LogP contribution in [0.25, 0.3) is 0 Å². The fourth-order valence-electron chi connectivity index (χ4n) is 2.53. The van der Waals surface area contributed by atoms with Gasteiger partial charge in [0.15, 0.2) is 0 Å². The minimum Gasteiger partial charge on any atom is -0.399 e. The van der Waals surface area contributed by atoms with E-state index in [-0.39, 0.29) is 24.2 Å². The number of hydrogen-bond donors (Lipinski definition) is 1. The van der Waals surface area contributed by atoms with E-state index in [4.69, 9.17) is 9.31 Å². The summed E-state index contributed by atoms with van der Waals surface area (Å²) in [6, 6.07) is 5.98. The van der Waals surface area contributed by atoms with Gasteiger partial charge in [0.05, 0.1) is 11.2 Å². The van der Waals surface area contributed by atoms with Gasteiger partial charge in [-0.05, 0) is 51.2 Å². The summed E-state index contributed by atoms with van der Waals surface area (Å²) < 4.78 is 12.1. The van der Waals surface area contributed by atoms with Crippen molar-refractivity contribution in [1.29, 1.82) is 0 Å². The fourth-order valence-corrected chi connectivity index (χ4v) is 2.53. The molecule has 5 heteroatoms. The standard InChI is InChI=1S/C15H20BNO3/c1-14(2)15(3,4)20-16(19-14)11-6-7-12-10(9-11)5-8-13(18)17-12/h6-7,9H,5,8H2,1-4H3,(H,17,18). The third-order valence-corrected chi connectivity index (χ3v) is 4.55. The maximum atomic E-state index is 11.4. The molecule has 2 aliphatic heterocycles. The topological polar surface area (TPSA) is 47.6 Å². The minimum absolute atomic E-state index is 0.0842. The molecule has 0 bridgehead atoms. The van der Waals surface area contributed by atoms with Crippen LogP contribution in [0.2, 0.25) is 0 Å². The van der Waals surface area contributed by atoms with Crippen LogP contribution < -0.4 is 10.8 Å². The Labute approximate surface area is 120 Å². The predicted octanol–water partition coefficient (Wildman–Crippen LogP) is 1.87. The second-order valence-electron chi connectivity index (χ2n) is 6.55. The number of rotatable bonds is 1. The molecule has 106 valence electrons. The second-order valence-corrected chi connectivity index (χ2v) is 6.55. The molecule has 1 N–H and O–H groups in total. The highest BCUT2D eigenvalue weighted by molar-refractivity contribution is 6.62. The van der Waals surface area contributed by atoms with E-state index in [1.165, 1.54) is 0 Å². The van der Waals surface area contributed by atoms with Crippen molar-refractivity contribution >= 4 is 24.2 Å². The van der Waals surface area contributed by atoms with Gasteiger partial charge in [-0.25, -0.2) is 0 Å². The first-order valence-electron chi connectivity index (χ1n) is 7.07. The van der Waals surface area contributed by atoms with Gasteiger partial charge in [0.2, 0.25) is 5.91 Å². The lowest BCUT2D eigenvalue weighted by atomic mass is 9.77. The van der Waals surface area contributed by atoms with Crippen molar-refractivity contribution in [3.63, 3.8) is 0 Å². The summed E-state index contributed by atoms with van der Waals surface area (Å²) in [5, 5.41) is 2.89. The number of fused-ring (bicyclic) bond motifs is 1. The Bertz CT molecular complexity index is 552. The van der Waals surface area contributed by atoms with Gasteiger partial charge in [-0.1, -0.05) is 12.1 Å².